The second kappa shape index (κ2) is 8.95. The SMILES string of the molecule is CC(C)c1nn(COCC[Si](C)(C)C)cc1-c1ncnc2cc(-c3cnn(C)c3)ccc12. The molecule has 0 aliphatic carbocycles. The van der Waals surface area contributed by atoms with E-state index in [0.717, 1.165) is 51.6 Å². The lowest BCUT2D eigenvalue weighted by atomic mass is 10.00. The van der Waals surface area contributed by atoms with Crippen LogP contribution in [-0.2, 0) is 18.5 Å². The van der Waals surface area contributed by atoms with Gasteiger partial charge in [-0.05, 0) is 29.7 Å². The fourth-order valence-corrected chi connectivity index (χ4v) is 4.43. The Bertz CT molecular complexity index is 1220. The number of rotatable bonds is 8. The Hall–Kier alpha value is -2.84. The van der Waals surface area contributed by atoms with Crippen LogP contribution in [0.25, 0.3) is 33.3 Å². The van der Waals surface area contributed by atoms with Crippen molar-refractivity contribution in [1.82, 2.24) is 29.5 Å². The van der Waals surface area contributed by atoms with Gasteiger partial charge in [0, 0.05) is 50.6 Å². The second-order valence-electron chi connectivity index (χ2n) is 9.83. The largest absolute Gasteiger partial charge is 0.360 e. The number of aryl methyl sites for hydroxylation is 1. The normalized spacial score (nSPS) is 12.2. The lowest BCUT2D eigenvalue weighted by Crippen LogP contribution is -2.22. The molecule has 0 fully saturated rings. The van der Waals surface area contributed by atoms with Crippen molar-refractivity contribution < 1.29 is 4.74 Å². The molecule has 0 spiro atoms. The number of fused-ring (bicyclic) bond motifs is 1. The summed E-state index contributed by atoms with van der Waals surface area (Å²) in [5.74, 6) is 0.271. The fraction of sp³-hybridized carbons (Fsp3) is 0.417. The lowest BCUT2D eigenvalue weighted by molar-refractivity contribution is 0.0782. The maximum atomic E-state index is 5.93. The van der Waals surface area contributed by atoms with Gasteiger partial charge in [0.05, 0.1) is 23.1 Å². The van der Waals surface area contributed by atoms with Crippen molar-refractivity contribution in [1.29, 1.82) is 0 Å². The van der Waals surface area contributed by atoms with Crippen molar-refractivity contribution in [2.45, 2.75) is 52.2 Å². The van der Waals surface area contributed by atoms with Crippen LogP contribution in [0.4, 0.5) is 0 Å². The smallest absolute Gasteiger partial charge is 0.139 e. The van der Waals surface area contributed by atoms with E-state index in [9.17, 15) is 0 Å². The third-order valence-corrected chi connectivity index (χ3v) is 7.19. The molecular formula is C24H32N6OSi. The number of aromatic nitrogens is 6. The Labute approximate surface area is 190 Å². The van der Waals surface area contributed by atoms with Crippen LogP contribution in [0.15, 0.2) is 43.1 Å². The molecule has 4 aromatic rings. The Morgan fingerprint density at radius 1 is 1.06 bits per heavy atom. The summed E-state index contributed by atoms with van der Waals surface area (Å²) in [5, 5.41) is 10.1. The van der Waals surface area contributed by atoms with E-state index < -0.39 is 8.07 Å². The molecule has 32 heavy (non-hydrogen) atoms. The summed E-state index contributed by atoms with van der Waals surface area (Å²) in [6.07, 6.45) is 7.57. The topological polar surface area (TPSA) is 70.7 Å². The number of benzene rings is 1. The van der Waals surface area contributed by atoms with E-state index in [1.165, 1.54) is 0 Å². The summed E-state index contributed by atoms with van der Waals surface area (Å²) < 4.78 is 9.63. The molecule has 0 saturated carbocycles. The highest BCUT2D eigenvalue weighted by Gasteiger charge is 2.19. The highest BCUT2D eigenvalue weighted by molar-refractivity contribution is 6.76. The summed E-state index contributed by atoms with van der Waals surface area (Å²) in [6, 6.07) is 7.44. The monoisotopic (exact) mass is 448 g/mol. The van der Waals surface area contributed by atoms with E-state index in [1.807, 2.05) is 24.1 Å². The average Bonchev–Trinajstić information content (AvgIpc) is 3.36. The van der Waals surface area contributed by atoms with E-state index >= 15 is 0 Å². The molecule has 3 heterocycles. The molecule has 4 rings (SSSR count). The first-order valence-corrected chi connectivity index (χ1v) is 14.8. The summed E-state index contributed by atoms with van der Waals surface area (Å²) in [6.45, 7) is 12.6. The van der Waals surface area contributed by atoms with Crippen LogP contribution in [0.5, 0.6) is 0 Å². The summed E-state index contributed by atoms with van der Waals surface area (Å²) in [7, 11) is 0.814. The first-order valence-electron chi connectivity index (χ1n) is 11.1. The molecule has 0 aliphatic rings. The minimum atomic E-state index is -1.11. The van der Waals surface area contributed by atoms with Gasteiger partial charge in [0.1, 0.15) is 13.1 Å². The van der Waals surface area contributed by atoms with Crippen molar-refractivity contribution in [3.63, 3.8) is 0 Å². The molecule has 0 saturated heterocycles. The van der Waals surface area contributed by atoms with Gasteiger partial charge in [-0.1, -0.05) is 39.6 Å². The Morgan fingerprint density at radius 2 is 1.88 bits per heavy atom. The molecule has 8 heteroatoms. The van der Waals surface area contributed by atoms with Crippen molar-refractivity contribution in [2.24, 2.45) is 7.05 Å². The quantitative estimate of drug-likeness (QED) is 0.269. The van der Waals surface area contributed by atoms with Crippen LogP contribution in [-0.4, -0.2) is 44.2 Å². The number of ether oxygens (including phenoxy) is 1. The first kappa shape index (κ1) is 22.4. The highest BCUT2D eigenvalue weighted by atomic mass is 28.3. The van der Waals surface area contributed by atoms with Crippen molar-refractivity contribution in [3.05, 3.63) is 48.8 Å². The zero-order valence-electron chi connectivity index (χ0n) is 19.8. The van der Waals surface area contributed by atoms with Crippen molar-refractivity contribution in [2.75, 3.05) is 6.61 Å². The molecule has 168 valence electrons. The van der Waals surface area contributed by atoms with Gasteiger partial charge in [0.2, 0.25) is 0 Å². The Balaban J connectivity index is 1.66. The maximum absolute atomic E-state index is 5.93. The van der Waals surface area contributed by atoms with Crippen molar-refractivity contribution in [3.8, 4) is 22.4 Å². The predicted octanol–water partition coefficient (Wildman–Crippen LogP) is 5.33. The van der Waals surface area contributed by atoms with Gasteiger partial charge in [-0.3, -0.25) is 4.68 Å². The number of nitrogens with zero attached hydrogens (tertiary/aromatic N) is 6. The number of hydrogen-bond acceptors (Lipinski definition) is 5. The summed E-state index contributed by atoms with van der Waals surface area (Å²) >= 11 is 0. The average molecular weight is 449 g/mol. The van der Waals surface area contributed by atoms with Crippen LogP contribution < -0.4 is 0 Å². The van der Waals surface area contributed by atoms with Crippen LogP contribution >= 0.6 is 0 Å². The molecule has 0 atom stereocenters. The molecule has 0 N–H and O–H groups in total. The molecule has 0 radical (unpaired) electrons. The third kappa shape index (κ3) is 4.97. The minimum Gasteiger partial charge on any atom is -0.360 e. The standard InChI is InChI=1S/C24H32N6OSi/c1-17(2)23-21(14-30(28-23)16-31-9-10-32(4,5)6)24-20-8-7-18(11-22(20)25-15-26-24)19-12-27-29(3)13-19/h7-8,11-15,17H,9-10,16H2,1-6H3. The summed E-state index contributed by atoms with van der Waals surface area (Å²) in [4.78, 5) is 9.19. The molecule has 1 aromatic carbocycles. The number of hydrogen-bond donors (Lipinski definition) is 0. The van der Waals surface area contributed by atoms with Gasteiger partial charge in [0.15, 0.2) is 0 Å². The van der Waals surface area contributed by atoms with E-state index in [1.54, 1.807) is 11.0 Å². The Morgan fingerprint density at radius 3 is 2.56 bits per heavy atom. The maximum Gasteiger partial charge on any atom is 0.139 e. The summed E-state index contributed by atoms with van der Waals surface area (Å²) in [5.41, 5.74) is 6.03. The fourth-order valence-electron chi connectivity index (χ4n) is 3.67. The van der Waals surface area contributed by atoms with E-state index in [-0.39, 0.29) is 5.92 Å². The molecule has 0 unspecified atom stereocenters. The molecule has 0 bridgehead atoms. The highest BCUT2D eigenvalue weighted by Crippen LogP contribution is 2.33. The Kier molecular flexibility index (Phi) is 6.26. The van der Waals surface area contributed by atoms with E-state index in [2.05, 4.69) is 73.0 Å². The molecule has 7 nitrogen and oxygen atoms in total. The van der Waals surface area contributed by atoms with Crippen LogP contribution in [0.2, 0.25) is 25.7 Å². The van der Waals surface area contributed by atoms with E-state index in [4.69, 9.17) is 9.84 Å². The predicted molar refractivity (Wildman–Crippen MR) is 131 cm³/mol. The van der Waals surface area contributed by atoms with E-state index in [0.29, 0.717) is 6.73 Å². The lowest BCUT2D eigenvalue weighted by Gasteiger charge is -2.15. The molecular weight excluding hydrogens is 416 g/mol. The van der Waals surface area contributed by atoms with Gasteiger partial charge in [-0.2, -0.15) is 10.2 Å². The first-order chi connectivity index (χ1) is 15.2. The van der Waals surface area contributed by atoms with Crippen molar-refractivity contribution >= 4 is 19.0 Å². The molecule has 0 amide bonds. The zero-order chi connectivity index (χ0) is 22.9. The van der Waals surface area contributed by atoms with Crippen LogP contribution in [0.3, 0.4) is 0 Å². The molecule has 0 aliphatic heterocycles. The van der Waals surface area contributed by atoms with Gasteiger partial charge >= 0.3 is 0 Å². The molecule has 3 aromatic heterocycles. The van der Waals surface area contributed by atoms with Crippen LogP contribution in [0.1, 0.15) is 25.5 Å². The zero-order valence-corrected chi connectivity index (χ0v) is 20.8. The van der Waals surface area contributed by atoms with Gasteiger partial charge in [0.25, 0.3) is 0 Å². The van der Waals surface area contributed by atoms with Gasteiger partial charge in [-0.25, -0.2) is 14.6 Å². The third-order valence-electron chi connectivity index (χ3n) is 5.49. The minimum absolute atomic E-state index is 0.271. The second-order valence-corrected chi connectivity index (χ2v) is 15.4. The van der Waals surface area contributed by atoms with Gasteiger partial charge < -0.3 is 4.74 Å². The van der Waals surface area contributed by atoms with Gasteiger partial charge in [-0.15, -0.1) is 0 Å². The van der Waals surface area contributed by atoms with Crippen LogP contribution in [0, 0.1) is 0 Å².